The van der Waals surface area contributed by atoms with Crippen LogP contribution in [0, 0.1) is 0 Å². The lowest BCUT2D eigenvalue weighted by molar-refractivity contribution is 0.0699. The highest BCUT2D eigenvalue weighted by Crippen LogP contribution is 2.26. The molecule has 0 fully saturated rings. The molecule has 3 rings (SSSR count). The molecule has 0 bridgehead atoms. The summed E-state index contributed by atoms with van der Waals surface area (Å²) in [5.74, 6) is -1.02. The first kappa shape index (κ1) is 12.6. The van der Waals surface area contributed by atoms with Gasteiger partial charge in [0.25, 0.3) is 0 Å². The van der Waals surface area contributed by atoms with Gasteiger partial charge in [0, 0.05) is 16.6 Å². The molecule has 0 aliphatic carbocycles. The molecule has 0 spiro atoms. The molecule has 1 aromatic carbocycles. The van der Waals surface area contributed by atoms with Crippen LogP contribution in [0.4, 0.5) is 0 Å². The zero-order valence-electron chi connectivity index (χ0n) is 10.2. The normalized spacial score (nSPS) is 10.7. The lowest BCUT2D eigenvalue weighted by Gasteiger charge is -2.06. The number of pyridine rings is 2. The molecule has 2 aromatic heterocycles. The predicted molar refractivity (Wildman–Crippen MR) is 76.9 cm³/mol. The molecule has 0 radical (unpaired) electrons. The highest BCUT2D eigenvalue weighted by atomic mass is 35.5. The van der Waals surface area contributed by atoms with Crippen molar-refractivity contribution < 1.29 is 9.90 Å². The number of fused-ring (bicyclic) bond motifs is 1. The van der Waals surface area contributed by atoms with Crippen molar-refractivity contribution in [2.24, 2.45) is 0 Å². The van der Waals surface area contributed by atoms with Gasteiger partial charge in [0.1, 0.15) is 0 Å². The Hall–Kier alpha value is -2.46. The fourth-order valence-corrected chi connectivity index (χ4v) is 2.19. The summed E-state index contributed by atoms with van der Waals surface area (Å²) < 4.78 is 0. The summed E-state index contributed by atoms with van der Waals surface area (Å²) in [6.07, 6.45) is 1.64. The Kier molecular flexibility index (Phi) is 3.08. The van der Waals surface area contributed by atoms with Crippen LogP contribution in [-0.4, -0.2) is 21.0 Å². The van der Waals surface area contributed by atoms with Crippen LogP contribution in [0.5, 0.6) is 0 Å². The van der Waals surface area contributed by atoms with E-state index < -0.39 is 5.97 Å². The van der Waals surface area contributed by atoms with E-state index in [1.165, 1.54) is 6.07 Å². The quantitative estimate of drug-likeness (QED) is 0.780. The number of nitrogens with zero attached hydrogens (tertiary/aromatic N) is 2. The average molecular weight is 285 g/mol. The van der Waals surface area contributed by atoms with Crippen molar-refractivity contribution >= 4 is 28.5 Å². The number of halogens is 1. The van der Waals surface area contributed by atoms with Gasteiger partial charge in [-0.2, -0.15) is 0 Å². The maximum Gasteiger partial charge on any atom is 0.336 e. The monoisotopic (exact) mass is 284 g/mol. The molecule has 0 saturated heterocycles. The Morgan fingerprint density at radius 3 is 2.65 bits per heavy atom. The van der Waals surface area contributed by atoms with Gasteiger partial charge in [-0.25, -0.2) is 9.78 Å². The number of carboxylic acid groups (broad SMARTS) is 1. The van der Waals surface area contributed by atoms with Crippen molar-refractivity contribution in [3.63, 3.8) is 0 Å². The Balaban J connectivity index is 2.32. The molecule has 0 unspecified atom stereocenters. The third-order valence-electron chi connectivity index (χ3n) is 2.93. The van der Waals surface area contributed by atoms with Crippen LogP contribution < -0.4 is 0 Å². The molecule has 0 atom stereocenters. The number of benzene rings is 1. The molecule has 4 nitrogen and oxygen atoms in total. The fourth-order valence-electron chi connectivity index (χ4n) is 2.02. The van der Waals surface area contributed by atoms with Crippen LogP contribution >= 0.6 is 11.6 Å². The van der Waals surface area contributed by atoms with Crippen LogP contribution in [0.25, 0.3) is 22.3 Å². The molecule has 20 heavy (non-hydrogen) atoms. The van der Waals surface area contributed by atoms with Crippen molar-refractivity contribution in [1.29, 1.82) is 0 Å². The van der Waals surface area contributed by atoms with Gasteiger partial charge in [0.2, 0.25) is 0 Å². The van der Waals surface area contributed by atoms with E-state index in [0.29, 0.717) is 27.3 Å². The third kappa shape index (κ3) is 2.21. The predicted octanol–water partition coefficient (Wildman–Crippen LogP) is 3.65. The lowest BCUT2D eigenvalue weighted by atomic mass is 10.1. The highest BCUT2D eigenvalue weighted by Gasteiger charge is 2.13. The standard InChI is InChI=1S/C15H9ClN2O2/c16-9-4-5-12-10(7-9)11(15(19)20)8-14(18-12)13-3-1-2-6-17-13/h1-8H,(H,19,20). The van der Waals surface area contributed by atoms with Crippen molar-refractivity contribution in [3.05, 3.63) is 59.2 Å². The van der Waals surface area contributed by atoms with Gasteiger partial charge in [-0.1, -0.05) is 17.7 Å². The second-order valence-electron chi connectivity index (χ2n) is 4.24. The van der Waals surface area contributed by atoms with Crippen LogP contribution in [0.3, 0.4) is 0 Å². The highest BCUT2D eigenvalue weighted by molar-refractivity contribution is 6.31. The molecule has 0 amide bonds. The maximum atomic E-state index is 11.4. The first-order valence-corrected chi connectivity index (χ1v) is 6.28. The summed E-state index contributed by atoms with van der Waals surface area (Å²) in [6.45, 7) is 0. The largest absolute Gasteiger partial charge is 0.478 e. The summed E-state index contributed by atoms with van der Waals surface area (Å²) in [4.78, 5) is 20.1. The Morgan fingerprint density at radius 2 is 1.95 bits per heavy atom. The van der Waals surface area contributed by atoms with E-state index in [0.717, 1.165) is 0 Å². The fraction of sp³-hybridized carbons (Fsp3) is 0. The first-order chi connectivity index (χ1) is 9.65. The van der Waals surface area contributed by atoms with Gasteiger partial charge in [0.05, 0.1) is 22.5 Å². The lowest BCUT2D eigenvalue weighted by Crippen LogP contribution is -2.00. The Bertz CT molecular complexity index is 804. The van der Waals surface area contributed by atoms with Crippen molar-refractivity contribution in [2.75, 3.05) is 0 Å². The summed E-state index contributed by atoms with van der Waals surface area (Å²) in [6, 6.07) is 11.9. The molecule has 2 heterocycles. The van der Waals surface area contributed by atoms with Gasteiger partial charge >= 0.3 is 5.97 Å². The first-order valence-electron chi connectivity index (χ1n) is 5.90. The van der Waals surface area contributed by atoms with Crippen molar-refractivity contribution in [3.8, 4) is 11.4 Å². The molecule has 3 aromatic rings. The van der Waals surface area contributed by atoms with Gasteiger partial charge in [-0.3, -0.25) is 4.98 Å². The van der Waals surface area contributed by atoms with Crippen LogP contribution in [-0.2, 0) is 0 Å². The summed E-state index contributed by atoms with van der Waals surface area (Å²) in [5, 5.41) is 10.4. The van der Waals surface area contributed by atoms with Crippen molar-refractivity contribution in [2.45, 2.75) is 0 Å². The SMILES string of the molecule is O=C(O)c1cc(-c2ccccn2)nc2ccc(Cl)cc12. The topological polar surface area (TPSA) is 63.1 Å². The van der Waals surface area contributed by atoms with E-state index in [1.807, 2.05) is 6.07 Å². The maximum absolute atomic E-state index is 11.4. The van der Waals surface area contributed by atoms with Gasteiger partial charge in [-0.05, 0) is 36.4 Å². The Labute approximate surface area is 119 Å². The van der Waals surface area contributed by atoms with Crippen LogP contribution in [0.15, 0.2) is 48.7 Å². The average Bonchev–Trinajstić information content (AvgIpc) is 2.47. The van der Waals surface area contributed by atoms with Gasteiger partial charge in [-0.15, -0.1) is 0 Å². The molecule has 0 saturated carbocycles. The molecule has 0 aliphatic heterocycles. The molecule has 1 N–H and O–H groups in total. The van der Waals surface area contributed by atoms with E-state index in [4.69, 9.17) is 11.6 Å². The summed E-state index contributed by atoms with van der Waals surface area (Å²) >= 11 is 5.92. The third-order valence-corrected chi connectivity index (χ3v) is 3.16. The minimum atomic E-state index is -1.02. The number of aromatic carboxylic acids is 1. The van der Waals surface area contributed by atoms with Gasteiger partial charge < -0.3 is 5.11 Å². The Morgan fingerprint density at radius 1 is 1.10 bits per heavy atom. The molecule has 0 aliphatic rings. The van der Waals surface area contributed by atoms with Crippen molar-refractivity contribution in [1.82, 2.24) is 9.97 Å². The molecular weight excluding hydrogens is 276 g/mol. The summed E-state index contributed by atoms with van der Waals surface area (Å²) in [5.41, 5.74) is 1.90. The number of rotatable bonds is 2. The molecular formula is C15H9ClN2O2. The van der Waals surface area contributed by atoms with E-state index in [1.54, 1.807) is 36.5 Å². The van der Waals surface area contributed by atoms with E-state index in [9.17, 15) is 9.90 Å². The zero-order chi connectivity index (χ0) is 14.1. The van der Waals surface area contributed by atoms with E-state index in [2.05, 4.69) is 9.97 Å². The number of carbonyl (C=O) groups is 1. The number of aromatic nitrogens is 2. The van der Waals surface area contributed by atoms with E-state index >= 15 is 0 Å². The minimum Gasteiger partial charge on any atom is -0.478 e. The minimum absolute atomic E-state index is 0.165. The zero-order valence-corrected chi connectivity index (χ0v) is 11.0. The molecule has 98 valence electrons. The second kappa shape index (κ2) is 4.90. The second-order valence-corrected chi connectivity index (χ2v) is 4.67. The van der Waals surface area contributed by atoms with Crippen LogP contribution in [0.2, 0.25) is 5.02 Å². The van der Waals surface area contributed by atoms with Crippen LogP contribution in [0.1, 0.15) is 10.4 Å². The number of hydrogen-bond donors (Lipinski definition) is 1. The molecule has 5 heteroatoms. The van der Waals surface area contributed by atoms with Gasteiger partial charge in [0.15, 0.2) is 0 Å². The number of hydrogen-bond acceptors (Lipinski definition) is 3. The number of carboxylic acids is 1. The van der Waals surface area contributed by atoms with E-state index in [-0.39, 0.29) is 5.56 Å². The summed E-state index contributed by atoms with van der Waals surface area (Å²) in [7, 11) is 0. The smallest absolute Gasteiger partial charge is 0.336 e.